The molecule has 134 valence electrons. The predicted octanol–water partition coefficient (Wildman–Crippen LogP) is 4.62. The molecule has 26 heavy (non-hydrogen) atoms. The lowest BCUT2D eigenvalue weighted by molar-refractivity contribution is 0.0600. The largest absolute Gasteiger partial charge is 0.451 e. The molecule has 6 heteroatoms. The Morgan fingerprint density at radius 1 is 1.04 bits per heavy atom. The fraction of sp³-hybridized carbons (Fsp3) is 0.250. The first kappa shape index (κ1) is 17.3. The Hall–Kier alpha value is -2.08. The lowest BCUT2D eigenvalue weighted by atomic mass is 10.2. The van der Waals surface area contributed by atoms with Gasteiger partial charge in [-0.05, 0) is 35.7 Å². The number of carbonyl (C=O) groups is 1. The summed E-state index contributed by atoms with van der Waals surface area (Å²) in [4.78, 5) is 18.3. The number of benzene rings is 1. The molecule has 0 saturated carbocycles. The van der Waals surface area contributed by atoms with E-state index < -0.39 is 0 Å². The summed E-state index contributed by atoms with van der Waals surface area (Å²) in [5.41, 5.74) is 0.800. The highest BCUT2D eigenvalue weighted by Gasteiger charge is 2.24. The number of nitrogens with zero attached hydrogens (tertiary/aromatic N) is 2. The van der Waals surface area contributed by atoms with Gasteiger partial charge in [0.1, 0.15) is 5.76 Å². The van der Waals surface area contributed by atoms with Gasteiger partial charge in [0.15, 0.2) is 5.76 Å². The summed E-state index contributed by atoms with van der Waals surface area (Å²) in [5, 5.41) is 2.71. The van der Waals surface area contributed by atoms with Crippen molar-refractivity contribution in [1.29, 1.82) is 0 Å². The van der Waals surface area contributed by atoms with Crippen LogP contribution in [0.15, 0.2) is 58.3 Å². The molecule has 1 fully saturated rings. The first-order valence-corrected chi connectivity index (χ1v) is 9.85. The molecule has 1 amide bonds. The van der Waals surface area contributed by atoms with Crippen LogP contribution in [-0.4, -0.2) is 41.9 Å². The predicted molar refractivity (Wildman–Crippen MR) is 105 cm³/mol. The summed E-state index contributed by atoms with van der Waals surface area (Å²) in [6.45, 7) is 4.14. The maximum atomic E-state index is 12.7. The third kappa shape index (κ3) is 3.70. The normalized spacial score (nSPS) is 15.3. The van der Waals surface area contributed by atoms with Crippen molar-refractivity contribution < 1.29 is 9.21 Å². The van der Waals surface area contributed by atoms with Crippen molar-refractivity contribution >= 4 is 28.8 Å². The Morgan fingerprint density at radius 3 is 2.58 bits per heavy atom. The van der Waals surface area contributed by atoms with Crippen LogP contribution in [0.4, 0.5) is 0 Å². The molecule has 0 spiro atoms. The minimum Gasteiger partial charge on any atom is -0.451 e. The van der Waals surface area contributed by atoms with Crippen molar-refractivity contribution in [3.63, 3.8) is 0 Å². The summed E-state index contributed by atoms with van der Waals surface area (Å²) in [6.07, 6.45) is 0. The maximum Gasteiger partial charge on any atom is 0.289 e. The van der Waals surface area contributed by atoms with Gasteiger partial charge in [-0.2, -0.15) is 0 Å². The Labute approximate surface area is 161 Å². The molecule has 0 radical (unpaired) electrons. The van der Waals surface area contributed by atoms with Crippen molar-refractivity contribution in [3.05, 3.63) is 69.6 Å². The number of halogens is 1. The highest BCUT2D eigenvalue weighted by molar-refractivity contribution is 7.09. The highest BCUT2D eigenvalue weighted by Crippen LogP contribution is 2.29. The summed E-state index contributed by atoms with van der Waals surface area (Å²) in [6, 6.07) is 15.2. The lowest BCUT2D eigenvalue weighted by Gasteiger charge is -2.34. The quantitative estimate of drug-likeness (QED) is 0.656. The van der Waals surface area contributed by atoms with E-state index in [0.29, 0.717) is 29.6 Å². The van der Waals surface area contributed by atoms with Crippen LogP contribution in [-0.2, 0) is 6.54 Å². The first-order chi connectivity index (χ1) is 12.7. The van der Waals surface area contributed by atoms with Crippen LogP contribution in [0.5, 0.6) is 0 Å². The van der Waals surface area contributed by atoms with Gasteiger partial charge < -0.3 is 9.32 Å². The molecular formula is C20H19ClN2O2S. The van der Waals surface area contributed by atoms with Gasteiger partial charge >= 0.3 is 0 Å². The number of carbonyl (C=O) groups excluding carboxylic acids is 1. The van der Waals surface area contributed by atoms with Crippen molar-refractivity contribution in [3.8, 4) is 11.3 Å². The van der Waals surface area contributed by atoms with Gasteiger partial charge in [0, 0.05) is 43.2 Å². The van der Waals surface area contributed by atoms with Crippen molar-refractivity contribution in [2.75, 3.05) is 26.2 Å². The third-order valence-corrected chi connectivity index (χ3v) is 5.77. The van der Waals surface area contributed by atoms with Gasteiger partial charge in [-0.1, -0.05) is 29.8 Å². The van der Waals surface area contributed by atoms with Crippen LogP contribution in [0.25, 0.3) is 11.3 Å². The molecule has 0 atom stereocenters. The van der Waals surface area contributed by atoms with Crippen molar-refractivity contribution in [1.82, 2.24) is 9.80 Å². The van der Waals surface area contributed by atoms with Gasteiger partial charge in [-0.15, -0.1) is 11.3 Å². The molecule has 1 aliphatic heterocycles. The van der Waals surface area contributed by atoms with E-state index in [2.05, 4.69) is 22.4 Å². The molecule has 1 aliphatic rings. The number of piperazine rings is 1. The molecule has 2 aromatic heterocycles. The second-order valence-electron chi connectivity index (χ2n) is 6.29. The van der Waals surface area contributed by atoms with Gasteiger partial charge in [-0.25, -0.2) is 0 Å². The molecule has 4 nitrogen and oxygen atoms in total. The maximum absolute atomic E-state index is 12.7. The fourth-order valence-electron chi connectivity index (χ4n) is 3.15. The smallest absolute Gasteiger partial charge is 0.289 e. The number of hydrogen-bond acceptors (Lipinski definition) is 4. The Balaban J connectivity index is 1.39. The topological polar surface area (TPSA) is 36.7 Å². The summed E-state index contributed by atoms with van der Waals surface area (Å²) < 4.78 is 5.79. The molecular weight excluding hydrogens is 368 g/mol. The Kier molecular flexibility index (Phi) is 5.11. The zero-order chi connectivity index (χ0) is 17.9. The number of hydrogen-bond donors (Lipinski definition) is 0. The second-order valence-corrected chi connectivity index (χ2v) is 7.73. The molecule has 3 aromatic rings. The van der Waals surface area contributed by atoms with Crippen molar-refractivity contribution in [2.45, 2.75) is 6.54 Å². The molecule has 3 heterocycles. The first-order valence-electron chi connectivity index (χ1n) is 8.59. The van der Waals surface area contributed by atoms with E-state index in [0.717, 1.165) is 25.2 Å². The van der Waals surface area contributed by atoms with Crippen LogP contribution >= 0.6 is 22.9 Å². The zero-order valence-corrected chi connectivity index (χ0v) is 15.8. The molecule has 0 unspecified atom stereocenters. The summed E-state index contributed by atoms with van der Waals surface area (Å²) >= 11 is 7.98. The SMILES string of the molecule is O=C(c1ccc(-c2ccccc2Cl)o1)N1CCN(Cc2cccs2)CC1. The van der Waals surface area contributed by atoms with Gasteiger partial charge in [0.25, 0.3) is 5.91 Å². The van der Waals surface area contributed by atoms with Gasteiger partial charge in [-0.3, -0.25) is 9.69 Å². The minimum absolute atomic E-state index is 0.0564. The van der Waals surface area contributed by atoms with Crippen LogP contribution < -0.4 is 0 Å². The minimum atomic E-state index is -0.0564. The monoisotopic (exact) mass is 386 g/mol. The van der Waals surface area contributed by atoms with Crippen LogP contribution in [0.1, 0.15) is 15.4 Å². The van der Waals surface area contributed by atoms with E-state index in [1.807, 2.05) is 35.2 Å². The average molecular weight is 387 g/mol. The Bertz CT molecular complexity index is 883. The number of thiophene rings is 1. The highest BCUT2D eigenvalue weighted by atomic mass is 35.5. The molecule has 4 rings (SSSR count). The van der Waals surface area contributed by atoms with E-state index in [-0.39, 0.29) is 5.91 Å². The van der Waals surface area contributed by atoms with E-state index >= 15 is 0 Å². The van der Waals surface area contributed by atoms with Crippen LogP contribution in [0, 0.1) is 0 Å². The number of rotatable bonds is 4. The summed E-state index contributed by atoms with van der Waals surface area (Å²) in [5.74, 6) is 0.931. The molecule has 1 aromatic carbocycles. The summed E-state index contributed by atoms with van der Waals surface area (Å²) in [7, 11) is 0. The standard InChI is InChI=1S/C20H19ClN2O2S/c21-17-6-2-1-5-16(17)18-7-8-19(25-18)20(24)23-11-9-22(10-12-23)14-15-4-3-13-26-15/h1-8,13H,9-12,14H2. The number of furan rings is 1. The van der Waals surface area contributed by atoms with E-state index in [1.165, 1.54) is 4.88 Å². The fourth-order valence-corrected chi connectivity index (χ4v) is 4.12. The second kappa shape index (κ2) is 7.66. The molecule has 0 bridgehead atoms. The molecule has 0 aliphatic carbocycles. The molecule has 1 saturated heterocycles. The van der Waals surface area contributed by atoms with Crippen LogP contribution in [0.2, 0.25) is 5.02 Å². The van der Waals surface area contributed by atoms with Gasteiger partial charge in [0.05, 0.1) is 5.02 Å². The van der Waals surface area contributed by atoms with Crippen LogP contribution in [0.3, 0.4) is 0 Å². The lowest BCUT2D eigenvalue weighted by Crippen LogP contribution is -2.48. The number of amides is 1. The zero-order valence-electron chi connectivity index (χ0n) is 14.2. The molecule has 0 N–H and O–H groups in total. The van der Waals surface area contributed by atoms with Crippen molar-refractivity contribution in [2.24, 2.45) is 0 Å². The Morgan fingerprint density at radius 2 is 1.85 bits per heavy atom. The average Bonchev–Trinajstić information content (AvgIpc) is 3.34. The third-order valence-electron chi connectivity index (χ3n) is 4.58. The van der Waals surface area contributed by atoms with Gasteiger partial charge in [0.2, 0.25) is 0 Å². The van der Waals surface area contributed by atoms with E-state index in [4.69, 9.17) is 16.0 Å². The van der Waals surface area contributed by atoms with E-state index in [9.17, 15) is 4.79 Å². The van der Waals surface area contributed by atoms with E-state index in [1.54, 1.807) is 17.4 Å².